The molecule has 0 saturated heterocycles. The SMILES string of the molecule is COc1ccccc1Cc1nc([C@H]2C[C@@H](N)[C@H](O)C2)n(Cc2cccs2)n1. The first-order chi connectivity index (χ1) is 13.1. The van der Waals surface area contributed by atoms with Crippen molar-refractivity contribution in [3.8, 4) is 5.75 Å². The Hall–Kier alpha value is -2.22. The molecule has 3 aromatic rings. The van der Waals surface area contributed by atoms with Gasteiger partial charge in [-0.1, -0.05) is 24.3 Å². The molecule has 0 amide bonds. The Balaban J connectivity index is 1.64. The number of para-hydroxylation sites is 1. The number of hydrogen-bond acceptors (Lipinski definition) is 6. The molecule has 3 atom stereocenters. The topological polar surface area (TPSA) is 86.2 Å². The van der Waals surface area contributed by atoms with Gasteiger partial charge >= 0.3 is 0 Å². The molecule has 7 heteroatoms. The van der Waals surface area contributed by atoms with Gasteiger partial charge < -0.3 is 15.6 Å². The number of aromatic nitrogens is 3. The van der Waals surface area contributed by atoms with Crippen molar-refractivity contribution in [1.82, 2.24) is 14.8 Å². The zero-order valence-electron chi connectivity index (χ0n) is 15.3. The molecular weight excluding hydrogens is 360 g/mol. The number of rotatable bonds is 6. The molecule has 4 rings (SSSR count). The average Bonchev–Trinajstić information content (AvgIpc) is 3.38. The van der Waals surface area contributed by atoms with E-state index in [1.165, 1.54) is 4.88 Å². The molecule has 6 nitrogen and oxygen atoms in total. The second kappa shape index (κ2) is 7.80. The van der Waals surface area contributed by atoms with Crippen LogP contribution < -0.4 is 10.5 Å². The van der Waals surface area contributed by atoms with Crippen LogP contribution in [0.5, 0.6) is 5.75 Å². The second-order valence-corrected chi connectivity index (χ2v) is 8.04. The Morgan fingerprint density at radius 1 is 1.26 bits per heavy atom. The van der Waals surface area contributed by atoms with Crippen LogP contribution in [0.1, 0.15) is 40.8 Å². The number of aliphatic hydroxyl groups excluding tert-OH is 1. The third-order valence-electron chi connectivity index (χ3n) is 5.11. The number of aliphatic hydroxyl groups is 1. The number of nitrogens with zero attached hydrogens (tertiary/aromatic N) is 3. The number of hydrogen-bond donors (Lipinski definition) is 2. The predicted octanol–water partition coefficient (Wildman–Crippen LogP) is 2.55. The molecule has 2 heterocycles. The predicted molar refractivity (Wildman–Crippen MR) is 105 cm³/mol. The van der Waals surface area contributed by atoms with Crippen LogP contribution in [0.2, 0.25) is 0 Å². The molecule has 1 saturated carbocycles. The molecule has 1 fully saturated rings. The Morgan fingerprint density at radius 2 is 2.11 bits per heavy atom. The van der Waals surface area contributed by atoms with E-state index < -0.39 is 6.10 Å². The lowest BCUT2D eigenvalue weighted by atomic mass is 10.1. The summed E-state index contributed by atoms with van der Waals surface area (Å²) in [6, 6.07) is 11.9. The van der Waals surface area contributed by atoms with Crippen LogP contribution in [-0.2, 0) is 13.0 Å². The third kappa shape index (κ3) is 3.90. The maximum Gasteiger partial charge on any atom is 0.155 e. The zero-order valence-corrected chi connectivity index (χ0v) is 16.1. The lowest BCUT2D eigenvalue weighted by Gasteiger charge is -2.10. The molecule has 1 aromatic carbocycles. The molecule has 3 N–H and O–H groups in total. The highest BCUT2D eigenvalue weighted by Crippen LogP contribution is 2.33. The summed E-state index contributed by atoms with van der Waals surface area (Å²) in [7, 11) is 1.67. The standard InChI is InChI=1S/C20H24N4O2S/c1-26-18-7-3-2-5-13(18)11-19-22-20(14-9-16(21)17(25)10-14)24(23-19)12-15-6-4-8-27-15/h2-8,14,16-17,25H,9-12,21H2,1H3/t14-,16+,17+/m0/s1. The fourth-order valence-corrected chi connectivity index (χ4v) is 4.41. The summed E-state index contributed by atoms with van der Waals surface area (Å²) in [5.41, 5.74) is 7.10. The maximum atomic E-state index is 10.1. The van der Waals surface area contributed by atoms with E-state index in [0.717, 1.165) is 29.4 Å². The molecule has 0 radical (unpaired) electrons. The minimum absolute atomic E-state index is 0.133. The minimum atomic E-state index is -0.473. The van der Waals surface area contributed by atoms with Crippen LogP contribution in [0.4, 0.5) is 0 Å². The number of ether oxygens (including phenoxy) is 1. The van der Waals surface area contributed by atoms with Crippen LogP contribution in [-0.4, -0.2) is 39.1 Å². The van der Waals surface area contributed by atoms with Crippen LogP contribution >= 0.6 is 11.3 Å². The number of thiophene rings is 1. The lowest BCUT2D eigenvalue weighted by Crippen LogP contribution is -2.28. The van der Waals surface area contributed by atoms with E-state index in [4.69, 9.17) is 20.6 Å². The molecular formula is C20H24N4O2S. The average molecular weight is 385 g/mol. The van der Waals surface area contributed by atoms with Crippen LogP contribution in [0, 0.1) is 0 Å². The van der Waals surface area contributed by atoms with Gasteiger partial charge in [0.1, 0.15) is 11.6 Å². The van der Waals surface area contributed by atoms with E-state index >= 15 is 0 Å². The summed E-state index contributed by atoms with van der Waals surface area (Å²) in [4.78, 5) is 6.08. The van der Waals surface area contributed by atoms with Gasteiger partial charge in [-0.2, -0.15) is 5.10 Å². The van der Waals surface area contributed by atoms with E-state index in [2.05, 4.69) is 11.4 Å². The molecule has 1 aliphatic rings. The fourth-order valence-electron chi connectivity index (χ4n) is 3.72. The van der Waals surface area contributed by atoms with Gasteiger partial charge in [-0.05, 0) is 30.4 Å². The van der Waals surface area contributed by atoms with Gasteiger partial charge in [0, 0.05) is 28.8 Å². The first-order valence-corrected chi connectivity index (χ1v) is 10.0. The van der Waals surface area contributed by atoms with Gasteiger partial charge in [0.05, 0.1) is 19.8 Å². The Labute approximate surface area is 162 Å². The first kappa shape index (κ1) is 18.2. The molecule has 1 aliphatic carbocycles. The van der Waals surface area contributed by atoms with Gasteiger partial charge in [0.2, 0.25) is 0 Å². The third-order valence-corrected chi connectivity index (χ3v) is 5.97. The quantitative estimate of drug-likeness (QED) is 0.682. The van der Waals surface area contributed by atoms with Crippen molar-refractivity contribution < 1.29 is 9.84 Å². The summed E-state index contributed by atoms with van der Waals surface area (Å²) in [6.07, 6.45) is 1.51. The second-order valence-electron chi connectivity index (χ2n) is 7.01. The van der Waals surface area contributed by atoms with Crippen molar-refractivity contribution in [3.05, 3.63) is 63.9 Å². The Kier molecular flexibility index (Phi) is 5.24. The number of methoxy groups -OCH3 is 1. The molecule has 0 aliphatic heterocycles. The van der Waals surface area contributed by atoms with E-state index in [1.54, 1.807) is 18.4 Å². The summed E-state index contributed by atoms with van der Waals surface area (Å²) in [5, 5.41) is 16.9. The molecule has 0 bridgehead atoms. The Morgan fingerprint density at radius 3 is 2.81 bits per heavy atom. The summed E-state index contributed by atoms with van der Waals surface area (Å²) in [5.74, 6) is 2.65. The van der Waals surface area contributed by atoms with Crippen molar-refractivity contribution >= 4 is 11.3 Å². The van der Waals surface area contributed by atoms with Gasteiger partial charge in [0.15, 0.2) is 5.82 Å². The normalized spacial score (nSPS) is 22.3. The van der Waals surface area contributed by atoms with E-state index in [0.29, 0.717) is 19.4 Å². The van der Waals surface area contributed by atoms with Crippen molar-refractivity contribution in [2.24, 2.45) is 5.73 Å². The van der Waals surface area contributed by atoms with Crippen molar-refractivity contribution in [3.63, 3.8) is 0 Å². The molecule has 2 aromatic heterocycles. The van der Waals surface area contributed by atoms with E-state index in [1.807, 2.05) is 35.0 Å². The minimum Gasteiger partial charge on any atom is -0.496 e. The van der Waals surface area contributed by atoms with Crippen molar-refractivity contribution in [1.29, 1.82) is 0 Å². The van der Waals surface area contributed by atoms with Gasteiger partial charge in [-0.25, -0.2) is 9.67 Å². The summed E-state index contributed by atoms with van der Waals surface area (Å²) in [6.45, 7) is 0.688. The molecule has 142 valence electrons. The fraction of sp³-hybridized carbons (Fsp3) is 0.400. The highest BCUT2D eigenvalue weighted by atomic mass is 32.1. The summed E-state index contributed by atoms with van der Waals surface area (Å²) >= 11 is 1.71. The largest absolute Gasteiger partial charge is 0.496 e. The van der Waals surface area contributed by atoms with Crippen LogP contribution in [0.25, 0.3) is 0 Å². The first-order valence-electron chi connectivity index (χ1n) is 9.15. The van der Waals surface area contributed by atoms with Crippen molar-refractivity contribution in [2.75, 3.05) is 7.11 Å². The number of benzene rings is 1. The van der Waals surface area contributed by atoms with Gasteiger partial charge in [-0.15, -0.1) is 11.3 Å². The smallest absolute Gasteiger partial charge is 0.155 e. The molecule has 0 spiro atoms. The number of nitrogens with two attached hydrogens (primary N) is 1. The monoisotopic (exact) mass is 384 g/mol. The maximum absolute atomic E-state index is 10.1. The zero-order chi connectivity index (χ0) is 18.8. The lowest BCUT2D eigenvalue weighted by molar-refractivity contribution is 0.163. The molecule has 0 unspecified atom stereocenters. The summed E-state index contributed by atoms with van der Waals surface area (Å²) < 4.78 is 7.44. The van der Waals surface area contributed by atoms with Crippen molar-refractivity contribution in [2.45, 2.75) is 43.9 Å². The highest BCUT2D eigenvalue weighted by Gasteiger charge is 2.34. The van der Waals surface area contributed by atoms with E-state index in [-0.39, 0.29) is 12.0 Å². The van der Waals surface area contributed by atoms with E-state index in [9.17, 15) is 5.11 Å². The van der Waals surface area contributed by atoms with Gasteiger partial charge in [0.25, 0.3) is 0 Å². The van der Waals surface area contributed by atoms with Crippen LogP contribution in [0.3, 0.4) is 0 Å². The molecule has 27 heavy (non-hydrogen) atoms. The Bertz CT molecular complexity index is 883. The highest BCUT2D eigenvalue weighted by molar-refractivity contribution is 7.09. The van der Waals surface area contributed by atoms with Crippen LogP contribution in [0.15, 0.2) is 41.8 Å². The van der Waals surface area contributed by atoms with Gasteiger partial charge in [-0.3, -0.25) is 0 Å².